The Morgan fingerprint density at radius 2 is 2.04 bits per heavy atom. The van der Waals surface area contributed by atoms with E-state index in [1.54, 1.807) is 14.2 Å². The Labute approximate surface area is 158 Å². The van der Waals surface area contributed by atoms with E-state index in [2.05, 4.69) is 45.6 Å². The summed E-state index contributed by atoms with van der Waals surface area (Å²) in [6.07, 6.45) is 9.35. The van der Waals surface area contributed by atoms with E-state index in [-0.39, 0.29) is 11.8 Å². The van der Waals surface area contributed by atoms with Crippen molar-refractivity contribution in [3.05, 3.63) is 47.6 Å². The molecule has 1 N–H and O–H groups in total. The molecule has 0 bridgehead atoms. The summed E-state index contributed by atoms with van der Waals surface area (Å²) in [5.41, 5.74) is 3.29. The number of aliphatic hydroxyl groups excluding tert-OH is 1. The van der Waals surface area contributed by atoms with E-state index in [4.69, 9.17) is 14.2 Å². The van der Waals surface area contributed by atoms with E-state index in [1.165, 1.54) is 5.57 Å². The average Bonchev–Trinajstić information content (AvgIpc) is 2.63. The van der Waals surface area contributed by atoms with Gasteiger partial charge in [-0.05, 0) is 43.6 Å². The van der Waals surface area contributed by atoms with E-state index in [0.29, 0.717) is 12.3 Å². The Hall–Kier alpha value is -1.20. The van der Waals surface area contributed by atoms with Crippen LogP contribution in [0.4, 0.5) is 0 Å². The summed E-state index contributed by atoms with van der Waals surface area (Å²) in [6.45, 7) is 10.7. The van der Waals surface area contributed by atoms with Gasteiger partial charge in [-0.3, -0.25) is 0 Å². The molecular formula is C22H34O4. The third-order valence-electron chi connectivity index (χ3n) is 5.19. The molecule has 0 unspecified atom stereocenters. The number of hydrogen-bond acceptors (Lipinski definition) is 4. The van der Waals surface area contributed by atoms with Gasteiger partial charge in [0.1, 0.15) is 0 Å². The summed E-state index contributed by atoms with van der Waals surface area (Å²) in [5, 5.41) is 10.3. The Morgan fingerprint density at radius 1 is 1.31 bits per heavy atom. The van der Waals surface area contributed by atoms with Crippen molar-refractivity contribution in [2.24, 2.45) is 17.8 Å². The molecule has 1 aliphatic carbocycles. The van der Waals surface area contributed by atoms with E-state index >= 15 is 0 Å². The SMILES string of the molecule is C=C1C[C@@H](O)/C=C(\C)CC[C@@H]2/C(=C\C=C\C(C)C)[C@@H](OC)O[C@H](OC)[C@@H]12. The van der Waals surface area contributed by atoms with Gasteiger partial charge in [-0.2, -0.15) is 0 Å². The highest BCUT2D eigenvalue weighted by Gasteiger charge is 2.43. The van der Waals surface area contributed by atoms with Crippen molar-refractivity contribution in [1.29, 1.82) is 0 Å². The highest BCUT2D eigenvalue weighted by molar-refractivity contribution is 5.26. The minimum atomic E-state index is -0.507. The molecule has 4 heteroatoms. The number of fused-ring (bicyclic) bond motifs is 1. The lowest BCUT2D eigenvalue weighted by Crippen LogP contribution is -2.45. The Balaban J connectivity index is 2.43. The first-order chi connectivity index (χ1) is 12.4. The molecule has 146 valence electrons. The van der Waals surface area contributed by atoms with Crippen LogP contribution in [0.25, 0.3) is 0 Å². The fraction of sp³-hybridized carbons (Fsp3) is 0.636. The zero-order valence-electron chi connectivity index (χ0n) is 16.8. The van der Waals surface area contributed by atoms with Gasteiger partial charge in [0.2, 0.25) is 0 Å². The van der Waals surface area contributed by atoms with Crippen LogP contribution in [0.5, 0.6) is 0 Å². The van der Waals surface area contributed by atoms with E-state index in [1.807, 2.05) is 6.08 Å². The third-order valence-corrected chi connectivity index (χ3v) is 5.19. The summed E-state index contributed by atoms with van der Waals surface area (Å²) >= 11 is 0. The Kier molecular flexibility index (Phi) is 7.84. The Morgan fingerprint density at radius 3 is 2.65 bits per heavy atom. The molecule has 1 aliphatic heterocycles. The van der Waals surface area contributed by atoms with Crippen LogP contribution in [0.1, 0.15) is 40.0 Å². The summed E-state index contributed by atoms with van der Waals surface area (Å²) in [7, 11) is 3.32. The van der Waals surface area contributed by atoms with E-state index < -0.39 is 18.7 Å². The van der Waals surface area contributed by atoms with Crippen molar-refractivity contribution in [3.8, 4) is 0 Å². The minimum absolute atomic E-state index is 0.000880. The molecule has 1 heterocycles. The molecule has 0 radical (unpaired) electrons. The molecule has 2 rings (SSSR count). The van der Waals surface area contributed by atoms with Gasteiger partial charge < -0.3 is 19.3 Å². The molecule has 26 heavy (non-hydrogen) atoms. The fourth-order valence-electron chi connectivity index (χ4n) is 3.92. The molecule has 0 saturated carbocycles. The van der Waals surface area contributed by atoms with Crippen LogP contribution < -0.4 is 0 Å². The molecule has 0 spiro atoms. The minimum Gasteiger partial charge on any atom is -0.389 e. The zero-order valence-corrected chi connectivity index (χ0v) is 16.8. The van der Waals surface area contributed by atoms with Gasteiger partial charge in [-0.15, -0.1) is 0 Å². The number of ether oxygens (including phenoxy) is 3. The first-order valence-corrected chi connectivity index (χ1v) is 9.49. The highest BCUT2D eigenvalue weighted by atomic mass is 16.8. The van der Waals surface area contributed by atoms with Crippen molar-refractivity contribution in [2.45, 2.75) is 58.7 Å². The number of allylic oxidation sites excluding steroid dienone is 4. The summed E-state index contributed by atoms with van der Waals surface area (Å²) in [5.74, 6) is 0.686. The first-order valence-electron chi connectivity index (χ1n) is 9.49. The van der Waals surface area contributed by atoms with Gasteiger partial charge in [0.15, 0.2) is 12.6 Å². The Bertz CT molecular complexity index is 573. The maximum Gasteiger partial charge on any atom is 0.183 e. The topological polar surface area (TPSA) is 47.9 Å². The predicted octanol–water partition coefficient (Wildman–Crippen LogP) is 4.38. The van der Waals surface area contributed by atoms with Crippen molar-refractivity contribution < 1.29 is 19.3 Å². The van der Waals surface area contributed by atoms with Crippen molar-refractivity contribution in [2.75, 3.05) is 14.2 Å². The second kappa shape index (κ2) is 9.65. The average molecular weight is 363 g/mol. The molecule has 0 aromatic heterocycles. The largest absolute Gasteiger partial charge is 0.389 e. The van der Waals surface area contributed by atoms with Gasteiger partial charge in [-0.1, -0.05) is 55.9 Å². The standard InChI is InChI=1S/C22H34O4/c1-14(2)8-7-9-19-18-11-10-15(3)12-17(23)13-16(4)20(18)22(25-6)26-21(19)24-5/h7-9,12,14,17-18,20-23H,4,10-11,13H2,1-3,5-6H3/b8-7+,15-12+,19-9+/t17-,18+,20-,21-,22-/m0/s1. The predicted molar refractivity (Wildman–Crippen MR) is 104 cm³/mol. The fourth-order valence-corrected chi connectivity index (χ4v) is 3.92. The van der Waals surface area contributed by atoms with Gasteiger partial charge in [0, 0.05) is 20.1 Å². The third kappa shape index (κ3) is 5.17. The number of aliphatic hydroxyl groups is 1. The summed E-state index contributed by atoms with van der Waals surface area (Å²) in [6, 6.07) is 0. The van der Waals surface area contributed by atoms with Crippen LogP contribution in [0, 0.1) is 17.8 Å². The van der Waals surface area contributed by atoms with Crippen LogP contribution in [-0.4, -0.2) is 38.0 Å². The van der Waals surface area contributed by atoms with Crippen molar-refractivity contribution in [1.82, 2.24) is 0 Å². The molecule has 1 fully saturated rings. The zero-order chi connectivity index (χ0) is 19.3. The molecule has 0 aromatic rings. The van der Waals surface area contributed by atoms with Crippen LogP contribution >= 0.6 is 0 Å². The van der Waals surface area contributed by atoms with E-state index in [9.17, 15) is 5.11 Å². The first kappa shape index (κ1) is 21.1. The molecule has 0 aromatic carbocycles. The van der Waals surface area contributed by atoms with Gasteiger partial charge >= 0.3 is 0 Å². The van der Waals surface area contributed by atoms with Crippen LogP contribution in [0.2, 0.25) is 0 Å². The summed E-state index contributed by atoms with van der Waals surface area (Å²) < 4.78 is 17.4. The summed E-state index contributed by atoms with van der Waals surface area (Å²) in [4.78, 5) is 0. The molecule has 1 saturated heterocycles. The van der Waals surface area contributed by atoms with Gasteiger partial charge in [-0.25, -0.2) is 0 Å². The number of hydrogen-bond donors (Lipinski definition) is 1. The molecular weight excluding hydrogens is 328 g/mol. The molecule has 2 aliphatic rings. The lowest BCUT2D eigenvalue weighted by molar-refractivity contribution is -0.256. The number of methoxy groups -OCH3 is 2. The second-order valence-corrected chi connectivity index (χ2v) is 7.72. The van der Waals surface area contributed by atoms with Crippen molar-refractivity contribution in [3.63, 3.8) is 0 Å². The van der Waals surface area contributed by atoms with Gasteiger partial charge in [0.05, 0.1) is 6.10 Å². The second-order valence-electron chi connectivity index (χ2n) is 7.72. The van der Waals surface area contributed by atoms with Crippen LogP contribution in [0.15, 0.2) is 47.6 Å². The van der Waals surface area contributed by atoms with Crippen LogP contribution in [-0.2, 0) is 14.2 Å². The number of rotatable bonds is 4. The molecule has 0 amide bonds. The maximum atomic E-state index is 10.3. The molecule has 4 nitrogen and oxygen atoms in total. The lowest BCUT2D eigenvalue weighted by atomic mass is 9.75. The maximum absolute atomic E-state index is 10.3. The lowest BCUT2D eigenvalue weighted by Gasteiger charge is -2.43. The molecule has 5 atom stereocenters. The normalized spacial score (nSPS) is 37.2. The van der Waals surface area contributed by atoms with E-state index in [0.717, 1.165) is 24.0 Å². The monoisotopic (exact) mass is 362 g/mol. The van der Waals surface area contributed by atoms with Crippen molar-refractivity contribution >= 4 is 0 Å². The smallest absolute Gasteiger partial charge is 0.183 e. The highest BCUT2D eigenvalue weighted by Crippen LogP contribution is 2.44. The quantitative estimate of drug-likeness (QED) is 0.754. The van der Waals surface area contributed by atoms with Gasteiger partial charge in [0.25, 0.3) is 0 Å². The van der Waals surface area contributed by atoms with Crippen LogP contribution in [0.3, 0.4) is 0 Å².